The molecule has 0 bridgehead atoms. The molecule has 3 amide bonds. The second kappa shape index (κ2) is 16.8. The van der Waals surface area contributed by atoms with Crippen LogP contribution in [0.2, 0.25) is 0 Å². The maximum Gasteiger partial charge on any atom is 0.410 e. The molecule has 0 spiro atoms. The molecule has 1 aliphatic rings. The average molecular weight is 650 g/mol. The van der Waals surface area contributed by atoms with Gasteiger partial charge in [0.1, 0.15) is 18.7 Å². The summed E-state index contributed by atoms with van der Waals surface area (Å²) >= 11 is 0. The number of rotatable bonds is 16. The maximum atomic E-state index is 14.1. The molecule has 9 heteroatoms. The van der Waals surface area contributed by atoms with Crippen LogP contribution in [0.4, 0.5) is 4.79 Å². The summed E-state index contributed by atoms with van der Waals surface area (Å²) in [6.07, 6.45) is 1.62. The Labute approximate surface area is 281 Å². The highest BCUT2D eigenvalue weighted by Gasteiger charge is 2.39. The fraction of sp³-hybridized carbons (Fsp3) is 0.579. The number of aliphatic carboxylic acids is 1. The molecule has 3 rings (SSSR count). The van der Waals surface area contributed by atoms with Crippen LogP contribution in [-0.2, 0) is 19.1 Å². The smallest absolute Gasteiger partial charge is 0.410 e. The summed E-state index contributed by atoms with van der Waals surface area (Å²) in [7, 11) is 3.27. The molecular weight excluding hydrogens is 594 g/mol. The zero-order valence-corrected chi connectivity index (χ0v) is 29.7. The number of carboxylic acid groups (broad SMARTS) is 1. The van der Waals surface area contributed by atoms with Crippen LogP contribution in [0.1, 0.15) is 91.2 Å². The van der Waals surface area contributed by atoms with Crippen LogP contribution in [-0.4, -0.2) is 77.6 Å². The Balaban J connectivity index is 1.77. The first-order valence-corrected chi connectivity index (χ1v) is 17.1. The van der Waals surface area contributed by atoms with Crippen LogP contribution >= 0.6 is 0 Å². The van der Waals surface area contributed by atoms with Crippen molar-refractivity contribution in [1.82, 2.24) is 15.1 Å². The number of hydrogen-bond acceptors (Lipinski definition) is 5. The molecule has 0 radical (unpaired) electrons. The third-order valence-electron chi connectivity index (χ3n) is 9.77. The Kier molecular flexibility index (Phi) is 13.4. The highest BCUT2D eigenvalue weighted by molar-refractivity contribution is 5.91. The Morgan fingerprint density at radius 3 is 1.87 bits per heavy atom. The fourth-order valence-corrected chi connectivity index (χ4v) is 7.25. The van der Waals surface area contributed by atoms with E-state index in [4.69, 9.17) is 4.74 Å². The number of fused-ring (bicyclic) bond motifs is 3. The van der Waals surface area contributed by atoms with E-state index >= 15 is 0 Å². The molecule has 47 heavy (non-hydrogen) atoms. The van der Waals surface area contributed by atoms with Crippen molar-refractivity contribution < 1.29 is 29.0 Å². The summed E-state index contributed by atoms with van der Waals surface area (Å²) in [5, 5.41) is 12.6. The SMILES string of the molecule is CCC[C@H](CC(=O)O)[C@H]([C@@H](C)CC)N(C)C(=O)[C@@H](NC(=O)[C@H](C(C)C)N(C)C(=O)OCC1c2ccccc2-c2ccccc21)C(C)C. The lowest BCUT2D eigenvalue weighted by atomic mass is 9.81. The van der Waals surface area contributed by atoms with Gasteiger partial charge in [-0.1, -0.05) is 110 Å². The lowest BCUT2D eigenvalue weighted by Crippen LogP contribution is -2.59. The minimum atomic E-state index is -0.887. The summed E-state index contributed by atoms with van der Waals surface area (Å²) in [6, 6.07) is 14.2. The van der Waals surface area contributed by atoms with Crippen LogP contribution in [0.3, 0.4) is 0 Å². The standard InChI is InChI=1S/C38H55N3O6/c1-10-16-26(21-32(42)43)35(25(7)11-2)40(8)37(45)33(23(3)4)39-36(44)34(24(5)6)41(9)38(46)47-22-31-29-19-14-12-17-27(29)28-18-13-15-20-30(28)31/h12-15,17-20,23-26,31,33-35H,10-11,16,21-22H2,1-9H3,(H,39,44)(H,42,43)/t25-,26+,33-,34-,35-/m0/s1. The molecule has 258 valence electrons. The summed E-state index contributed by atoms with van der Waals surface area (Å²) in [6.45, 7) is 13.7. The molecule has 0 heterocycles. The van der Waals surface area contributed by atoms with E-state index in [1.54, 1.807) is 19.0 Å². The first-order valence-electron chi connectivity index (χ1n) is 17.1. The van der Waals surface area contributed by atoms with E-state index in [1.807, 2.05) is 72.7 Å². The van der Waals surface area contributed by atoms with E-state index < -0.39 is 30.1 Å². The number of nitrogens with zero attached hydrogens (tertiary/aromatic N) is 2. The number of likely N-dealkylation sites (N-methyl/N-ethyl adjacent to an activating group) is 2. The van der Waals surface area contributed by atoms with Gasteiger partial charge in [0.05, 0.1) is 6.42 Å². The number of nitrogens with one attached hydrogen (secondary N) is 1. The van der Waals surface area contributed by atoms with E-state index in [0.29, 0.717) is 6.42 Å². The van der Waals surface area contributed by atoms with Crippen molar-refractivity contribution in [3.63, 3.8) is 0 Å². The maximum absolute atomic E-state index is 14.1. The monoisotopic (exact) mass is 649 g/mol. The molecule has 2 aromatic rings. The predicted molar refractivity (Wildman–Crippen MR) is 185 cm³/mol. The highest BCUT2D eigenvalue weighted by Crippen LogP contribution is 2.44. The van der Waals surface area contributed by atoms with E-state index in [2.05, 4.69) is 29.6 Å². The van der Waals surface area contributed by atoms with Crippen molar-refractivity contribution in [2.75, 3.05) is 20.7 Å². The summed E-state index contributed by atoms with van der Waals surface area (Å²) in [5.41, 5.74) is 4.46. The minimum absolute atomic E-state index is 0.0282. The molecule has 2 N–H and O–H groups in total. The third-order valence-corrected chi connectivity index (χ3v) is 9.77. The predicted octanol–water partition coefficient (Wildman–Crippen LogP) is 6.80. The van der Waals surface area contributed by atoms with Crippen molar-refractivity contribution >= 4 is 23.9 Å². The zero-order valence-electron chi connectivity index (χ0n) is 29.7. The Hall–Kier alpha value is -3.88. The van der Waals surface area contributed by atoms with Crippen molar-refractivity contribution in [1.29, 1.82) is 0 Å². The van der Waals surface area contributed by atoms with Crippen molar-refractivity contribution in [2.45, 2.75) is 98.2 Å². The molecule has 0 aromatic heterocycles. The van der Waals surface area contributed by atoms with Gasteiger partial charge in [0.2, 0.25) is 11.8 Å². The molecule has 0 saturated heterocycles. The van der Waals surface area contributed by atoms with Gasteiger partial charge < -0.3 is 20.1 Å². The molecule has 5 atom stereocenters. The molecule has 2 aromatic carbocycles. The van der Waals surface area contributed by atoms with E-state index in [-0.39, 0.29) is 54.6 Å². The molecular formula is C38H55N3O6. The number of carbonyl (C=O) groups excluding carboxylic acids is 3. The molecule has 0 unspecified atom stereocenters. The van der Waals surface area contributed by atoms with E-state index in [1.165, 1.54) is 4.90 Å². The van der Waals surface area contributed by atoms with Crippen LogP contribution in [0.15, 0.2) is 48.5 Å². The lowest BCUT2D eigenvalue weighted by Gasteiger charge is -2.40. The second-order valence-corrected chi connectivity index (χ2v) is 13.8. The Morgan fingerprint density at radius 1 is 0.851 bits per heavy atom. The van der Waals surface area contributed by atoms with Crippen LogP contribution < -0.4 is 5.32 Å². The van der Waals surface area contributed by atoms with Gasteiger partial charge in [-0.15, -0.1) is 0 Å². The van der Waals surface area contributed by atoms with Crippen molar-refractivity contribution in [3.8, 4) is 11.1 Å². The molecule has 0 aliphatic heterocycles. The fourth-order valence-electron chi connectivity index (χ4n) is 7.25. The topological polar surface area (TPSA) is 116 Å². The number of hydrogen-bond donors (Lipinski definition) is 2. The van der Waals surface area contributed by atoms with Gasteiger partial charge in [-0.3, -0.25) is 19.3 Å². The molecule has 0 saturated carbocycles. The van der Waals surface area contributed by atoms with Crippen LogP contribution in [0.5, 0.6) is 0 Å². The summed E-state index contributed by atoms with van der Waals surface area (Å²) in [5.74, 6) is -2.37. The van der Waals surface area contributed by atoms with Gasteiger partial charge in [-0.2, -0.15) is 0 Å². The quantitative estimate of drug-likeness (QED) is 0.207. The normalized spacial score (nSPS) is 15.6. The third kappa shape index (κ3) is 8.73. The average Bonchev–Trinajstić information content (AvgIpc) is 3.35. The van der Waals surface area contributed by atoms with Gasteiger partial charge >= 0.3 is 12.1 Å². The highest BCUT2D eigenvalue weighted by atomic mass is 16.6. The minimum Gasteiger partial charge on any atom is -0.481 e. The van der Waals surface area contributed by atoms with Crippen LogP contribution in [0.25, 0.3) is 11.1 Å². The van der Waals surface area contributed by atoms with Crippen molar-refractivity contribution in [2.24, 2.45) is 23.7 Å². The van der Waals surface area contributed by atoms with Crippen LogP contribution in [0, 0.1) is 23.7 Å². The Morgan fingerprint density at radius 2 is 1.40 bits per heavy atom. The number of carboxylic acids is 1. The summed E-state index contributed by atoms with van der Waals surface area (Å²) in [4.78, 5) is 56.2. The van der Waals surface area contributed by atoms with Gasteiger partial charge in [-0.05, 0) is 52.3 Å². The first-order chi connectivity index (χ1) is 22.2. The Bertz CT molecular complexity index is 1350. The molecule has 9 nitrogen and oxygen atoms in total. The molecule has 1 aliphatic carbocycles. The number of ether oxygens (including phenoxy) is 1. The van der Waals surface area contributed by atoms with E-state index in [9.17, 15) is 24.3 Å². The number of carbonyl (C=O) groups is 4. The van der Waals surface area contributed by atoms with Crippen molar-refractivity contribution in [3.05, 3.63) is 59.7 Å². The van der Waals surface area contributed by atoms with E-state index in [0.717, 1.165) is 35.1 Å². The number of amides is 3. The van der Waals surface area contributed by atoms with Gasteiger partial charge in [-0.25, -0.2) is 4.79 Å². The lowest BCUT2D eigenvalue weighted by molar-refractivity contribution is -0.144. The van der Waals surface area contributed by atoms with Gasteiger partial charge in [0.25, 0.3) is 0 Å². The molecule has 0 fully saturated rings. The zero-order chi connectivity index (χ0) is 35.0. The summed E-state index contributed by atoms with van der Waals surface area (Å²) < 4.78 is 5.86. The largest absolute Gasteiger partial charge is 0.481 e. The van der Waals surface area contributed by atoms with Gasteiger partial charge in [0, 0.05) is 26.1 Å². The number of benzene rings is 2. The first kappa shape index (κ1) is 37.6. The van der Waals surface area contributed by atoms with Gasteiger partial charge in [0.15, 0.2) is 0 Å². The second-order valence-electron chi connectivity index (χ2n) is 13.8.